The van der Waals surface area contributed by atoms with Gasteiger partial charge in [0.1, 0.15) is 29.1 Å². The molecule has 39 heavy (non-hydrogen) atoms. The lowest BCUT2D eigenvalue weighted by atomic mass is 10.1. The van der Waals surface area contributed by atoms with Crippen LogP contribution < -0.4 is 10.6 Å². The lowest BCUT2D eigenvalue weighted by Gasteiger charge is -2.18. The second-order valence-corrected chi connectivity index (χ2v) is 11.2. The normalized spacial score (nSPS) is 17.6. The summed E-state index contributed by atoms with van der Waals surface area (Å²) in [7, 11) is 0. The molecule has 2 heterocycles. The van der Waals surface area contributed by atoms with Crippen LogP contribution in [0.2, 0.25) is 0 Å². The molecule has 2 aromatic carbocycles. The standard InChI is InChI=1S/C31H38N6O2/c32-30(34-22-9-5-1-2-6-10-22)20-13-15-26-24(17-20)36-28(38-26)19-29-37-25-18-21(14-16-27(25)39-29)31(33)35-23-11-7-3-4-8-12-23/h13-18,22-23H,1-12,19H2,(H2,32,34)(H2,33,35). The van der Waals surface area contributed by atoms with Gasteiger partial charge in [-0.3, -0.25) is 10.8 Å². The average Bonchev–Trinajstić information content (AvgIpc) is 3.29. The highest BCUT2D eigenvalue weighted by molar-refractivity contribution is 5.99. The molecule has 6 rings (SSSR count). The molecule has 0 radical (unpaired) electrons. The van der Waals surface area contributed by atoms with Crippen LogP contribution in [0.3, 0.4) is 0 Å². The predicted octanol–water partition coefficient (Wildman–Crippen LogP) is 6.84. The van der Waals surface area contributed by atoms with E-state index in [2.05, 4.69) is 20.6 Å². The summed E-state index contributed by atoms with van der Waals surface area (Å²) in [6, 6.07) is 12.2. The van der Waals surface area contributed by atoms with Crippen molar-refractivity contribution in [1.82, 2.24) is 20.6 Å². The van der Waals surface area contributed by atoms with Gasteiger partial charge in [0.25, 0.3) is 0 Å². The number of oxazole rings is 2. The molecule has 0 bridgehead atoms. The number of hydrogen-bond donors (Lipinski definition) is 4. The summed E-state index contributed by atoms with van der Waals surface area (Å²) in [5.74, 6) is 1.95. The monoisotopic (exact) mass is 526 g/mol. The van der Waals surface area contributed by atoms with Crippen molar-refractivity contribution in [2.24, 2.45) is 0 Å². The predicted molar refractivity (Wildman–Crippen MR) is 154 cm³/mol. The van der Waals surface area contributed by atoms with Gasteiger partial charge in [-0.25, -0.2) is 9.97 Å². The minimum atomic E-state index is 0.337. The van der Waals surface area contributed by atoms with Crippen molar-refractivity contribution in [1.29, 1.82) is 10.8 Å². The third kappa shape index (κ3) is 6.15. The minimum absolute atomic E-state index is 0.337. The SMILES string of the molecule is N=C(NC1CCCCCC1)c1ccc2oc(Cc3nc4cc(C(=N)NC5CCCCCC5)ccc4o3)nc2c1. The molecule has 204 valence electrons. The lowest BCUT2D eigenvalue weighted by molar-refractivity contribution is 0.488. The van der Waals surface area contributed by atoms with Gasteiger partial charge in [0, 0.05) is 23.2 Å². The Balaban J connectivity index is 1.13. The van der Waals surface area contributed by atoms with Gasteiger partial charge in [0.2, 0.25) is 11.8 Å². The Morgan fingerprint density at radius 1 is 0.641 bits per heavy atom. The van der Waals surface area contributed by atoms with Gasteiger partial charge in [-0.2, -0.15) is 0 Å². The van der Waals surface area contributed by atoms with E-state index in [-0.39, 0.29) is 0 Å². The lowest BCUT2D eigenvalue weighted by Crippen LogP contribution is -2.34. The van der Waals surface area contributed by atoms with Crippen molar-refractivity contribution in [3.63, 3.8) is 0 Å². The topological polar surface area (TPSA) is 124 Å². The number of aromatic nitrogens is 2. The van der Waals surface area contributed by atoms with Crippen LogP contribution in [0.5, 0.6) is 0 Å². The molecule has 0 amide bonds. The number of hydrogen-bond acceptors (Lipinski definition) is 6. The van der Waals surface area contributed by atoms with Crippen molar-refractivity contribution in [2.45, 2.75) is 95.6 Å². The van der Waals surface area contributed by atoms with E-state index >= 15 is 0 Å². The van der Waals surface area contributed by atoms with E-state index < -0.39 is 0 Å². The fraction of sp³-hybridized carbons (Fsp3) is 0.484. The molecule has 4 N–H and O–H groups in total. The van der Waals surface area contributed by atoms with Crippen molar-refractivity contribution >= 4 is 33.9 Å². The summed E-state index contributed by atoms with van der Waals surface area (Å²) in [4.78, 5) is 9.33. The van der Waals surface area contributed by atoms with Gasteiger partial charge < -0.3 is 19.5 Å². The molecule has 2 aliphatic carbocycles. The van der Waals surface area contributed by atoms with E-state index in [4.69, 9.17) is 19.7 Å². The smallest absolute Gasteiger partial charge is 0.204 e. The van der Waals surface area contributed by atoms with E-state index in [0.29, 0.717) is 53.1 Å². The van der Waals surface area contributed by atoms with Crippen LogP contribution in [-0.2, 0) is 6.42 Å². The van der Waals surface area contributed by atoms with Crippen LogP contribution in [0, 0.1) is 10.8 Å². The highest BCUT2D eigenvalue weighted by Crippen LogP contribution is 2.24. The maximum Gasteiger partial charge on any atom is 0.204 e. The maximum absolute atomic E-state index is 8.58. The first-order chi connectivity index (χ1) is 19.1. The van der Waals surface area contributed by atoms with E-state index in [9.17, 15) is 0 Å². The van der Waals surface area contributed by atoms with Crippen molar-refractivity contribution in [3.8, 4) is 0 Å². The number of fused-ring (bicyclic) bond motifs is 2. The summed E-state index contributed by atoms with van der Waals surface area (Å²) >= 11 is 0. The number of benzene rings is 2. The number of amidine groups is 2. The molecule has 8 heteroatoms. The molecule has 2 aromatic heterocycles. The molecule has 4 aromatic rings. The van der Waals surface area contributed by atoms with Crippen LogP contribution in [0.1, 0.15) is 100.0 Å². The molecular weight excluding hydrogens is 488 g/mol. The van der Waals surface area contributed by atoms with Gasteiger partial charge in [0.05, 0.1) is 0 Å². The molecule has 0 unspecified atom stereocenters. The molecule has 8 nitrogen and oxygen atoms in total. The van der Waals surface area contributed by atoms with Crippen LogP contribution in [-0.4, -0.2) is 33.7 Å². The molecule has 2 fully saturated rings. The van der Waals surface area contributed by atoms with Gasteiger partial charge in [-0.15, -0.1) is 0 Å². The van der Waals surface area contributed by atoms with Crippen LogP contribution >= 0.6 is 0 Å². The van der Waals surface area contributed by atoms with Crippen molar-refractivity contribution < 1.29 is 8.83 Å². The Hall–Kier alpha value is -3.68. The Kier molecular flexibility index (Phi) is 7.61. The maximum atomic E-state index is 8.58. The molecule has 2 saturated carbocycles. The largest absolute Gasteiger partial charge is 0.440 e. The average molecular weight is 527 g/mol. The van der Waals surface area contributed by atoms with E-state index in [0.717, 1.165) is 47.8 Å². The fourth-order valence-electron chi connectivity index (χ4n) is 5.96. The number of nitrogens with one attached hydrogen (secondary N) is 4. The van der Waals surface area contributed by atoms with Crippen LogP contribution in [0.15, 0.2) is 45.2 Å². The third-order valence-electron chi connectivity index (χ3n) is 8.15. The zero-order chi connectivity index (χ0) is 26.6. The molecule has 0 saturated heterocycles. The van der Waals surface area contributed by atoms with Gasteiger partial charge in [-0.1, -0.05) is 51.4 Å². The van der Waals surface area contributed by atoms with E-state index in [1.165, 1.54) is 51.4 Å². The molecular formula is C31H38N6O2. The van der Waals surface area contributed by atoms with E-state index in [1.54, 1.807) is 0 Å². The highest BCUT2D eigenvalue weighted by atomic mass is 16.4. The third-order valence-corrected chi connectivity index (χ3v) is 8.15. The number of rotatable bonds is 6. The second-order valence-electron chi connectivity index (χ2n) is 11.2. The summed E-state index contributed by atoms with van der Waals surface area (Å²) in [6.07, 6.45) is 14.9. The summed E-state index contributed by atoms with van der Waals surface area (Å²) in [5, 5.41) is 24.0. The van der Waals surface area contributed by atoms with Crippen LogP contribution in [0.25, 0.3) is 22.2 Å². The highest BCUT2D eigenvalue weighted by Gasteiger charge is 2.18. The molecule has 0 aliphatic heterocycles. The van der Waals surface area contributed by atoms with E-state index in [1.807, 2.05) is 36.4 Å². The molecule has 0 atom stereocenters. The molecule has 0 spiro atoms. The first-order valence-electron chi connectivity index (χ1n) is 14.6. The van der Waals surface area contributed by atoms with Gasteiger partial charge >= 0.3 is 0 Å². The first-order valence-corrected chi connectivity index (χ1v) is 14.6. The summed E-state index contributed by atoms with van der Waals surface area (Å²) in [6.45, 7) is 0. The van der Waals surface area contributed by atoms with Gasteiger partial charge in [0.15, 0.2) is 11.2 Å². The number of nitrogens with zero attached hydrogens (tertiary/aromatic N) is 2. The Morgan fingerprint density at radius 2 is 1.05 bits per heavy atom. The van der Waals surface area contributed by atoms with Gasteiger partial charge in [-0.05, 0) is 62.1 Å². The second kappa shape index (κ2) is 11.6. The van der Waals surface area contributed by atoms with Crippen molar-refractivity contribution in [2.75, 3.05) is 0 Å². The van der Waals surface area contributed by atoms with Crippen molar-refractivity contribution in [3.05, 3.63) is 59.3 Å². The van der Waals surface area contributed by atoms with Crippen LogP contribution in [0.4, 0.5) is 0 Å². The zero-order valence-electron chi connectivity index (χ0n) is 22.5. The summed E-state index contributed by atoms with van der Waals surface area (Å²) in [5.41, 5.74) is 4.47. The summed E-state index contributed by atoms with van der Waals surface area (Å²) < 4.78 is 12.0. The molecule has 2 aliphatic rings. The minimum Gasteiger partial charge on any atom is -0.440 e. The Bertz CT molecular complexity index is 1340. The zero-order valence-corrected chi connectivity index (χ0v) is 22.5. The Morgan fingerprint density at radius 3 is 1.46 bits per heavy atom. The first kappa shape index (κ1) is 25.6. The Labute approximate surface area is 229 Å². The fourth-order valence-corrected chi connectivity index (χ4v) is 5.96. The quantitative estimate of drug-likeness (QED) is 0.124.